The number of fused-ring (bicyclic) bond motifs is 5. The van der Waals surface area contributed by atoms with Crippen LogP contribution in [0.4, 0.5) is 11.4 Å². The molecule has 0 N–H and O–H groups in total. The third kappa shape index (κ3) is 6.83. The molecule has 1 heterocycles. The Labute approximate surface area is 375 Å². The second kappa shape index (κ2) is 16.2. The molecule has 0 saturated heterocycles. The van der Waals surface area contributed by atoms with Crippen molar-refractivity contribution in [1.29, 1.82) is 0 Å². The van der Waals surface area contributed by atoms with E-state index in [1.165, 1.54) is 112 Å². The number of hydrogen-bond donors (Lipinski definition) is 0. The van der Waals surface area contributed by atoms with Crippen LogP contribution in [0.1, 0.15) is 37.2 Å². The van der Waals surface area contributed by atoms with Crippen molar-refractivity contribution in [3.8, 4) is 39.1 Å². The van der Waals surface area contributed by atoms with Crippen molar-refractivity contribution >= 4 is 54.7 Å². The lowest BCUT2D eigenvalue weighted by atomic mass is 9.79. The molecule has 2 heteroatoms. The van der Waals surface area contributed by atoms with Crippen LogP contribution in [-0.2, 0) is 0 Å². The summed E-state index contributed by atoms with van der Waals surface area (Å²) in [4.78, 5) is 2.66. The molecule has 0 spiro atoms. The molecular formula is C62H48N2. The Morgan fingerprint density at radius 3 is 1.86 bits per heavy atom. The van der Waals surface area contributed by atoms with Crippen molar-refractivity contribution in [1.82, 2.24) is 4.57 Å². The number of para-hydroxylation sites is 2. The van der Waals surface area contributed by atoms with Gasteiger partial charge in [-0.25, -0.2) is 0 Å². The highest BCUT2D eigenvalue weighted by Gasteiger charge is 2.31. The Balaban J connectivity index is 0.923. The maximum absolute atomic E-state index is 2.66. The smallest absolute Gasteiger partial charge is 0.0543 e. The Kier molecular flexibility index (Phi) is 9.64. The largest absolute Gasteiger partial charge is 0.338 e. The van der Waals surface area contributed by atoms with Crippen molar-refractivity contribution in [2.24, 2.45) is 0 Å². The monoisotopic (exact) mass is 820 g/mol. The van der Waals surface area contributed by atoms with Crippen LogP contribution in [0.25, 0.3) is 82.4 Å². The van der Waals surface area contributed by atoms with Crippen molar-refractivity contribution in [3.05, 3.63) is 236 Å². The zero-order valence-corrected chi connectivity index (χ0v) is 35.8. The highest BCUT2D eigenvalue weighted by atomic mass is 15.2. The van der Waals surface area contributed by atoms with E-state index >= 15 is 0 Å². The van der Waals surface area contributed by atoms with Crippen LogP contribution in [0.15, 0.2) is 231 Å². The lowest BCUT2D eigenvalue weighted by Gasteiger charge is -2.40. The molecule has 64 heavy (non-hydrogen) atoms. The molecule has 0 bridgehead atoms. The van der Waals surface area contributed by atoms with Crippen molar-refractivity contribution in [3.63, 3.8) is 0 Å². The highest BCUT2D eigenvalue weighted by Crippen LogP contribution is 2.45. The maximum Gasteiger partial charge on any atom is 0.0543 e. The number of nitrogens with zero attached hydrogens (tertiary/aromatic N) is 2. The highest BCUT2D eigenvalue weighted by molar-refractivity contribution is 6.11. The van der Waals surface area contributed by atoms with Gasteiger partial charge in [-0.1, -0.05) is 182 Å². The van der Waals surface area contributed by atoms with Gasteiger partial charge in [0.2, 0.25) is 0 Å². The number of anilines is 2. The van der Waals surface area contributed by atoms with E-state index in [9.17, 15) is 0 Å². The predicted octanol–water partition coefficient (Wildman–Crippen LogP) is 17.0. The summed E-state index contributed by atoms with van der Waals surface area (Å²) in [6.07, 6.45) is 4.56. The van der Waals surface area contributed by atoms with Gasteiger partial charge in [0.25, 0.3) is 0 Å². The molecule has 11 aromatic rings. The van der Waals surface area contributed by atoms with Gasteiger partial charge in [-0.2, -0.15) is 0 Å². The molecule has 10 aromatic carbocycles. The van der Waals surface area contributed by atoms with E-state index in [4.69, 9.17) is 0 Å². The zero-order chi connectivity index (χ0) is 42.4. The summed E-state index contributed by atoms with van der Waals surface area (Å²) >= 11 is 0. The van der Waals surface area contributed by atoms with Gasteiger partial charge in [-0.3, -0.25) is 0 Å². The van der Waals surface area contributed by atoms with E-state index in [1.807, 2.05) is 0 Å². The molecule has 1 unspecified atom stereocenters. The first kappa shape index (κ1) is 38.0. The summed E-state index contributed by atoms with van der Waals surface area (Å²) < 4.78 is 2.46. The maximum atomic E-state index is 2.66. The van der Waals surface area contributed by atoms with Gasteiger partial charge in [0.05, 0.1) is 11.0 Å². The standard InChI is InChI=1S/C62H48N2/c1-2-20-52(21-3-1)64-60-28-9-8-25-59(60)62-58(27-13-29-61(62)64)51-19-11-23-55(42-51)63(54-22-10-18-49(41-54)50-35-32-43-14-4-5-16-48(43)40-50)53-38-36-45(37-39-53)44-30-33-47(34-31-44)57-26-12-17-46-15-6-7-24-56(46)57/h1-10,12-18,20-22,24-41,51,55H,11,19,23,42H2/t51-,55?/m1/s1. The Morgan fingerprint density at radius 1 is 0.391 bits per heavy atom. The summed E-state index contributed by atoms with van der Waals surface area (Å²) in [6.45, 7) is 0. The van der Waals surface area contributed by atoms with Crippen LogP contribution >= 0.6 is 0 Å². The van der Waals surface area contributed by atoms with E-state index in [0.29, 0.717) is 12.0 Å². The van der Waals surface area contributed by atoms with E-state index in [1.54, 1.807) is 0 Å². The van der Waals surface area contributed by atoms with Crippen LogP contribution in [0.2, 0.25) is 0 Å². The first-order valence-electron chi connectivity index (χ1n) is 22.9. The fraction of sp³-hybridized carbons (Fsp3) is 0.0968. The summed E-state index contributed by atoms with van der Waals surface area (Å²) in [6, 6.07) is 85.6. The normalized spacial score (nSPS) is 15.2. The topological polar surface area (TPSA) is 8.17 Å². The minimum atomic E-state index is 0.314. The summed E-state index contributed by atoms with van der Waals surface area (Å²) in [5.41, 5.74) is 15.1. The Hall–Kier alpha value is -7.68. The molecule has 2 nitrogen and oxygen atoms in total. The third-order valence-corrected chi connectivity index (χ3v) is 13.9. The number of rotatable bonds is 8. The third-order valence-electron chi connectivity index (χ3n) is 13.9. The Bertz CT molecular complexity index is 3450. The fourth-order valence-electron chi connectivity index (χ4n) is 10.8. The second-order valence-corrected chi connectivity index (χ2v) is 17.6. The van der Waals surface area contributed by atoms with Gasteiger partial charge < -0.3 is 9.47 Å². The van der Waals surface area contributed by atoms with Crippen LogP contribution in [0.5, 0.6) is 0 Å². The van der Waals surface area contributed by atoms with E-state index in [-0.39, 0.29) is 0 Å². The molecule has 1 aliphatic rings. The molecular weight excluding hydrogens is 773 g/mol. The SMILES string of the molecule is c1ccc(-n2c3ccccc3c3c([C@@H]4CCCC(N(c5ccc(-c6ccc(-c7cccc8ccccc78)cc6)cc5)c5cccc(-c6ccc7ccccc7c6)c5)C4)cccc32)cc1. The minimum absolute atomic E-state index is 0.314. The minimum Gasteiger partial charge on any atom is -0.338 e. The molecule has 12 rings (SSSR count). The molecule has 0 radical (unpaired) electrons. The summed E-state index contributed by atoms with van der Waals surface area (Å²) in [7, 11) is 0. The second-order valence-electron chi connectivity index (χ2n) is 17.6. The molecule has 1 saturated carbocycles. The van der Waals surface area contributed by atoms with E-state index < -0.39 is 0 Å². The Morgan fingerprint density at radius 2 is 1.02 bits per heavy atom. The van der Waals surface area contributed by atoms with Gasteiger partial charge >= 0.3 is 0 Å². The van der Waals surface area contributed by atoms with Gasteiger partial charge in [0, 0.05) is 33.9 Å². The van der Waals surface area contributed by atoms with Gasteiger partial charge in [-0.15, -0.1) is 0 Å². The van der Waals surface area contributed by atoms with Crippen molar-refractivity contribution in [2.75, 3.05) is 4.90 Å². The zero-order valence-electron chi connectivity index (χ0n) is 35.8. The molecule has 1 aromatic heterocycles. The van der Waals surface area contributed by atoms with Crippen LogP contribution < -0.4 is 4.90 Å². The molecule has 0 aliphatic heterocycles. The molecule has 2 atom stereocenters. The van der Waals surface area contributed by atoms with Crippen molar-refractivity contribution < 1.29 is 0 Å². The van der Waals surface area contributed by atoms with Crippen LogP contribution in [0, 0.1) is 0 Å². The van der Waals surface area contributed by atoms with Crippen LogP contribution in [0.3, 0.4) is 0 Å². The van der Waals surface area contributed by atoms with Gasteiger partial charge in [-0.05, 0) is 140 Å². The lowest BCUT2D eigenvalue weighted by molar-refractivity contribution is 0.391. The average molecular weight is 821 g/mol. The van der Waals surface area contributed by atoms with E-state index in [2.05, 4.69) is 240 Å². The predicted molar refractivity (Wildman–Crippen MR) is 272 cm³/mol. The lowest BCUT2D eigenvalue weighted by Crippen LogP contribution is -2.35. The molecule has 0 amide bonds. The first-order valence-corrected chi connectivity index (χ1v) is 22.9. The molecule has 1 aliphatic carbocycles. The number of aromatic nitrogens is 1. The summed E-state index contributed by atoms with van der Waals surface area (Å²) in [5, 5.41) is 7.81. The number of benzene rings is 10. The molecule has 1 fully saturated rings. The van der Waals surface area contributed by atoms with Gasteiger partial charge in [0.15, 0.2) is 0 Å². The summed E-state index contributed by atoms with van der Waals surface area (Å²) in [5.74, 6) is 0.420. The van der Waals surface area contributed by atoms with Crippen molar-refractivity contribution in [2.45, 2.75) is 37.6 Å². The first-order chi connectivity index (χ1) is 31.7. The fourth-order valence-corrected chi connectivity index (χ4v) is 10.8. The van der Waals surface area contributed by atoms with Crippen LogP contribution in [-0.4, -0.2) is 10.6 Å². The number of hydrogen-bond acceptors (Lipinski definition) is 1. The average Bonchev–Trinajstić information content (AvgIpc) is 3.71. The van der Waals surface area contributed by atoms with Gasteiger partial charge in [0.1, 0.15) is 0 Å². The quantitative estimate of drug-likeness (QED) is 0.148. The molecule has 306 valence electrons. The van der Waals surface area contributed by atoms with E-state index in [0.717, 1.165) is 12.8 Å².